The van der Waals surface area contributed by atoms with Crippen LogP contribution in [0.15, 0.2) is 30.3 Å². The Balaban J connectivity index is 0.000000500. The van der Waals surface area contributed by atoms with Gasteiger partial charge in [0, 0.05) is 2.85 Å². The molecule has 0 aromatic heterocycles. The van der Waals surface area contributed by atoms with Gasteiger partial charge in [-0.05, 0) is 17.5 Å². The Bertz CT molecular complexity index is 253. The number of benzene rings is 1. The van der Waals surface area contributed by atoms with Crippen LogP contribution in [0.25, 0.3) is 6.08 Å². The van der Waals surface area contributed by atoms with Crippen molar-refractivity contribution in [1.29, 1.82) is 0 Å². The lowest BCUT2D eigenvalue weighted by Crippen LogP contribution is -1.76. The fourth-order valence-corrected chi connectivity index (χ4v) is 1.20. The molecule has 0 saturated carbocycles. The summed E-state index contributed by atoms with van der Waals surface area (Å²) in [4.78, 5) is 0. The lowest BCUT2D eigenvalue weighted by molar-refractivity contribution is 1.31. The van der Waals surface area contributed by atoms with E-state index < -0.39 is 0 Å². The standard InChI is InChI=1S/C9H8.2H2/c1-2-5-9-7-3-6-8(9)4-1;;/h1-6H,7H2;2*1H. The van der Waals surface area contributed by atoms with E-state index in [1.807, 2.05) is 0 Å². The van der Waals surface area contributed by atoms with Crippen molar-refractivity contribution in [1.82, 2.24) is 0 Å². The first-order valence-corrected chi connectivity index (χ1v) is 3.21. The summed E-state index contributed by atoms with van der Waals surface area (Å²) in [6.45, 7) is 0. The minimum Gasteiger partial charge on any atom is -0.0795 e. The third kappa shape index (κ3) is 0.672. The van der Waals surface area contributed by atoms with Crippen molar-refractivity contribution >= 4 is 6.08 Å². The summed E-state index contributed by atoms with van der Waals surface area (Å²) < 4.78 is 0. The summed E-state index contributed by atoms with van der Waals surface area (Å²) in [5.74, 6) is 0. The zero-order valence-electron chi connectivity index (χ0n) is 5.17. The van der Waals surface area contributed by atoms with E-state index in [1.54, 1.807) is 0 Å². The van der Waals surface area contributed by atoms with Crippen LogP contribution in [0.4, 0.5) is 0 Å². The van der Waals surface area contributed by atoms with E-state index in [1.165, 1.54) is 11.1 Å². The molecule has 0 heterocycles. The molecule has 0 radical (unpaired) electrons. The third-order valence-electron chi connectivity index (χ3n) is 1.69. The Hall–Kier alpha value is -1.04. The average molecular weight is 120 g/mol. The molecular formula is C9H12. The summed E-state index contributed by atoms with van der Waals surface area (Å²) in [6, 6.07) is 8.49. The second-order valence-electron chi connectivity index (χ2n) is 2.31. The predicted molar refractivity (Wildman–Crippen MR) is 43.4 cm³/mol. The Labute approximate surface area is 57.8 Å². The molecule has 0 nitrogen and oxygen atoms in total. The smallest absolute Gasteiger partial charge is 0 e. The zero-order chi connectivity index (χ0) is 6.10. The van der Waals surface area contributed by atoms with Crippen LogP contribution in [-0.4, -0.2) is 0 Å². The lowest BCUT2D eigenvalue weighted by atomic mass is 10.1. The van der Waals surface area contributed by atoms with Crippen LogP contribution < -0.4 is 0 Å². The molecule has 0 saturated heterocycles. The highest BCUT2D eigenvalue weighted by Gasteiger charge is 2.00. The molecule has 48 valence electrons. The SMILES string of the molecule is C1=Cc2ccccc2C1.[HH].[HH]. The molecule has 0 unspecified atom stereocenters. The molecule has 0 bridgehead atoms. The van der Waals surface area contributed by atoms with Crippen molar-refractivity contribution in [3.05, 3.63) is 41.5 Å². The van der Waals surface area contributed by atoms with Crippen molar-refractivity contribution in [3.8, 4) is 0 Å². The summed E-state index contributed by atoms with van der Waals surface area (Å²) in [7, 11) is 0. The number of hydrogen-bond acceptors (Lipinski definition) is 0. The van der Waals surface area contributed by atoms with Gasteiger partial charge in [0.2, 0.25) is 0 Å². The van der Waals surface area contributed by atoms with Crippen LogP contribution in [0.5, 0.6) is 0 Å². The highest BCUT2D eigenvalue weighted by molar-refractivity contribution is 5.59. The van der Waals surface area contributed by atoms with Crippen molar-refractivity contribution in [2.24, 2.45) is 0 Å². The Morgan fingerprint density at radius 2 is 2.11 bits per heavy atom. The Morgan fingerprint density at radius 1 is 1.22 bits per heavy atom. The molecule has 1 aromatic rings. The van der Waals surface area contributed by atoms with Gasteiger partial charge in [-0.25, -0.2) is 0 Å². The van der Waals surface area contributed by atoms with Gasteiger partial charge in [-0.3, -0.25) is 0 Å². The minimum atomic E-state index is 0. The van der Waals surface area contributed by atoms with Gasteiger partial charge in [-0.2, -0.15) is 0 Å². The molecule has 0 amide bonds. The molecule has 9 heavy (non-hydrogen) atoms. The van der Waals surface area contributed by atoms with Crippen LogP contribution in [0, 0.1) is 0 Å². The normalized spacial score (nSPS) is 13.8. The molecule has 0 heteroatoms. The monoisotopic (exact) mass is 120 g/mol. The van der Waals surface area contributed by atoms with E-state index in [9.17, 15) is 0 Å². The maximum Gasteiger partial charge on any atom is 0 e. The molecule has 0 N–H and O–H groups in total. The molecule has 0 atom stereocenters. The average Bonchev–Trinajstić information content (AvgIpc) is 2.33. The van der Waals surface area contributed by atoms with Gasteiger partial charge < -0.3 is 0 Å². The van der Waals surface area contributed by atoms with E-state index in [0.717, 1.165) is 6.42 Å². The van der Waals surface area contributed by atoms with Gasteiger partial charge in [-0.1, -0.05) is 36.4 Å². The molecule has 0 fully saturated rings. The molecule has 1 aromatic carbocycles. The first-order chi connectivity index (χ1) is 4.47. The van der Waals surface area contributed by atoms with Gasteiger partial charge in [0.05, 0.1) is 0 Å². The molecule has 2 rings (SSSR count). The number of allylic oxidation sites excluding steroid dienone is 1. The van der Waals surface area contributed by atoms with Crippen molar-refractivity contribution in [3.63, 3.8) is 0 Å². The van der Waals surface area contributed by atoms with Crippen LogP contribution in [-0.2, 0) is 6.42 Å². The third-order valence-corrected chi connectivity index (χ3v) is 1.69. The summed E-state index contributed by atoms with van der Waals surface area (Å²) in [5, 5.41) is 0. The molecule has 0 aliphatic heterocycles. The largest absolute Gasteiger partial charge is 0.0795 e. The Kier molecular flexibility index (Phi) is 0.922. The minimum absolute atomic E-state index is 0. The van der Waals surface area contributed by atoms with Crippen LogP contribution in [0.3, 0.4) is 0 Å². The van der Waals surface area contributed by atoms with Crippen molar-refractivity contribution in [2.45, 2.75) is 6.42 Å². The van der Waals surface area contributed by atoms with Crippen LogP contribution in [0.1, 0.15) is 14.0 Å². The quantitative estimate of drug-likeness (QED) is 0.494. The van der Waals surface area contributed by atoms with Gasteiger partial charge >= 0.3 is 0 Å². The molecular weight excluding hydrogens is 108 g/mol. The van der Waals surface area contributed by atoms with Gasteiger partial charge in [0.25, 0.3) is 0 Å². The van der Waals surface area contributed by atoms with Gasteiger partial charge in [-0.15, -0.1) is 0 Å². The first kappa shape index (κ1) is 4.80. The highest BCUT2D eigenvalue weighted by Crippen LogP contribution is 2.17. The lowest BCUT2D eigenvalue weighted by Gasteiger charge is -1.93. The van der Waals surface area contributed by atoms with Gasteiger partial charge in [0.15, 0.2) is 0 Å². The van der Waals surface area contributed by atoms with E-state index in [-0.39, 0.29) is 2.85 Å². The fraction of sp³-hybridized carbons (Fsp3) is 0.111. The van der Waals surface area contributed by atoms with E-state index in [4.69, 9.17) is 0 Å². The molecule has 1 aliphatic rings. The maximum absolute atomic E-state index is 2.20. The summed E-state index contributed by atoms with van der Waals surface area (Å²) >= 11 is 0. The summed E-state index contributed by atoms with van der Waals surface area (Å²) in [5.41, 5.74) is 2.84. The van der Waals surface area contributed by atoms with Crippen molar-refractivity contribution in [2.75, 3.05) is 0 Å². The molecule has 1 aliphatic carbocycles. The first-order valence-electron chi connectivity index (χ1n) is 3.21. The van der Waals surface area contributed by atoms with E-state index >= 15 is 0 Å². The predicted octanol–water partition coefficient (Wildman–Crippen LogP) is 2.75. The van der Waals surface area contributed by atoms with Crippen LogP contribution >= 0.6 is 0 Å². The fourth-order valence-electron chi connectivity index (χ4n) is 1.20. The summed E-state index contributed by atoms with van der Waals surface area (Å²) in [6.07, 6.45) is 5.50. The van der Waals surface area contributed by atoms with Crippen LogP contribution in [0.2, 0.25) is 0 Å². The topological polar surface area (TPSA) is 0 Å². The number of hydrogen-bond donors (Lipinski definition) is 0. The zero-order valence-corrected chi connectivity index (χ0v) is 5.17. The van der Waals surface area contributed by atoms with E-state index in [2.05, 4.69) is 36.4 Å². The second kappa shape index (κ2) is 1.73. The number of rotatable bonds is 0. The van der Waals surface area contributed by atoms with Gasteiger partial charge in [0.1, 0.15) is 0 Å². The molecule has 0 spiro atoms. The Morgan fingerprint density at radius 3 is 3.00 bits per heavy atom. The van der Waals surface area contributed by atoms with Crippen molar-refractivity contribution < 1.29 is 2.85 Å². The maximum atomic E-state index is 2.20. The highest BCUT2D eigenvalue weighted by atomic mass is 14.0. The van der Waals surface area contributed by atoms with E-state index in [0.29, 0.717) is 0 Å². The number of fused-ring (bicyclic) bond motifs is 1. The second-order valence-corrected chi connectivity index (χ2v) is 2.31.